The van der Waals surface area contributed by atoms with E-state index in [9.17, 15) is 4.79 Å². The van der Waals surface area contributed by atoms with Crippen molar-refractivity contribution in [2.45, 2.75) is 44.9 Å². The molecular weight excluding hydrogens is 220 g/mol. The molecule has 2 fully saturated rings. The highest BCUT2D eigenvalue weighted by atomic mass is 16.6. The monoisotopic (exact) mass is 242 g/mol. The molecule has 0 saturated carbocycles. The van der Waals surface area contributed by atoms with Gasteiger partial charge in [-0.2, -0.15) is 0 Å². The summed E-state index contributed by atoms with van der Waals surface area (Å²) in [4.78, 5) is 15.9. The Bertz CT molecular complexity index is 275. The fraction of sp³-hybridized carbons (Fsp3) is 0.917. The van der Waals surface area contributed by atoms with Gasteiger partial charge in [0, 0.05) is 25.2 Å². The first kappa shape index (κ1) is 12.6. The highest BCUT2D eigenvalue weighted by Gasteiger charge is 2.37. The highest BCUT2D eigenvalue weighted by molar-refractivity contribution is 5.70. The molecule has 17 heavy (non-hydrogen) atoms. The zero-order chi connectivity index (χ0) is 12.4. The fourth-order valence-electron chi connectivity index (χ4n) is 2.65. The second kappa shape index (κ2) is 5.23. The van der Waals surface area contributed by atoms with Crippen molar-refractivity contribution in [3.63, 3.8) is 0 Å². The van der Waals surface area contributed by atoms with Crippen LogP contribution in [0.3, 0.4) is 0 Å². The number of carbonyl (C=O) groups is 1. The van der Waals surface area contributed by atoms with Crippen molar-refractivity contribution < 1.29 is 14.6 Å². The average molecular weight is 242 g/mol. The Hall–Kier alpha value is -0.810. The summed E-state index contributed by atoms with van der Waals surface area (Å²) in [6, 6.07) is 0.862. The molecule has 0 radical (unpaired) electrons. The zero-order valence-electron chi connectivity index (χ0n) is 10.6. The number of ether oxygens (including phenoxy) is 1. The number of hydrogen-bond acceptors (Lipinski definition) is 4. The Morgan fingerprint density at radius 3 is 2.53 bits per heavy atom. The fourth-order valence-corrected chi connectivity index (χ4v) is 2.65. The van der Waals surface area contributed by atoms with Crippen molar-refractivity contribution in [1.29, 1.82) is 0 Å². The third kappa shape index (κ3) is 2.72. The second-order valence-electron chi connectivity index (χ2n) is 5.20. The third-order valence-electron chi connectivity index (χ3n) is 3.78. The molecular formula is C12H22N2O3. The summed E-state index contributed by atoms with van der Waals surface area (Å²) in [7, 11) is 0. The number of carbonyl (C=O) groups excluding carboxylic acids is 1. The van der Waals surface area contributed by atoms with Gasteiger partial charge in [-0.05, 0) is 26.7 Å². The van der Waals surface area contributed by atoms with E-state index in [2.05, 4.69) is 18.7 Å². The van der Waals surface area contributed by atoms with Gasteiger partial charge in [0.15, 0.2) is 0 Å². The normalized spacial score (nSPS) is 27.9. The molecule has 0 aliphatic carbocycles. The van der Waals surface area contributed by atoms with Crippen LogP contribution < -0.4 is 0 Å². The maximum Gasteiger partial charge on any atom is 0.410 e. The summed E-state index contributed by atoms with van der Waals surface area (Å²) in [6.07, 6.45) is 1.43. The van der Waals surface area contributed by atoms with Gasteiger partial charge in [-0.15, -0.1) is 0 Å². The van der Waals surface area contributed by atoms with Gasteiger partial charge in [-0.25, -0.2) is 4.79 Å². The Kier molecular flexibility index (Phi) is 3.89. The van der Waals surface area contributed by atoms with Gasteiger partial charge in [0.1, 0.15) is 6.10 Å². The van der Waals surface area contributed by atoms with Gasteiger partial charge in [-0.1, -0.05) is 0 Å². The number of aliphatic hydroxyl groups is 1. The van der Waals surface area contributed by atoms with E-state index in [1.54, 1.807) is 4.90 Å². The summed E-state index contributed by atoms with van der Waals surface area (Å²) in [5, 5.41) is 9.00. The molecule has 1 amide bonds. The van der Waals surface area contributed by atoms with Crippen LogP contribution in [-0.4, -0.2) is 65.4 Å². The molecule has 2 aliphatic rings. The lowest BCUT2D eigenvalue weighted by molar-refractivity contribution is 0.0900. The van der Waals surface area contributed by atoms with E-state index in [1.165, 1.54) is 0 Å². The molecule has 1 atom stereocenters. The number of aliphatic hydroxyl groups excluding tert-OH is 1. The molecule has 1 N–H and O–H groups in total. The summed E-state index contributed by atoms with van der Waals surface area (Å²) >= 11 is 0. The number of piperidine rings is 1. The number of nitrogens with zero attached hydrogens (tertiary/aromatic N) is 2. The van der Waals surface area contributed by atoms with Crippen molar-refractivity contribution in [3.05, 3.63) is 0 Å². The first-order valence-corrected chi connectivity index (χ1v) is 6.44. The number of amides is 1. The highest BCUT2D eigenvalue weighted by Crippen LogP contribution is 2.23. The van der Waals surface area contributed by atoms with Crippen LogP contribution in [-0.2, 0) is 4.74 Å². The molecule has 2 rings (SSSR count). The standard InChI is InChI=1S/C12H22N2O3/c1-9(2)13-5-3-10(4-6-13)14-7-11(8-15)17-12(14)16/h9-11,15H,3-8H2,1-2H3/t11-/m1/s1. The van der Waals surface area contributed by atoms with Crippen molar-refractivity contribution >= 4 is 6.09 Å². The first-order valence-electron chi connectivity index (χ1n) is 6.44. The molecule has 2 aliphatic heterocycles. The number of rotatable bonds is 3. The van der Waals surface area contributed by atoms with E-state index in [4.69, 9.17) is 9.84 Å². The SMILES string of the molecule is CC(C)N1CCC(N2C[C@H](CO)OC2=O)CC1. The van der Waals surface area contributed by atoms with Crippen LogP contribution >= 0.6 is 0 Å². The van der Waals surface area contributed by atoms with Crippen LogP contribution in [0.2, 0.25) is 0 Å². The van der Waals surface area contributed by atoms with Crippen LogP contribution in [0, 0.1) is 0 Å². The Balaban J connectivity index is 1.87. The minimum Gasteiger partial charge on any atom is -0.442 e. The van der Waals surface area contributed by atoms with Crippen molar-refractivity contribution in [1.82, 2.24) is 9.80 Å². The van der Waals surface area contributed by atoms with Crippen molar-refractivity contribution in [3.8, 4) is 0 Å². The lowest BCUT2D eigenvalue weighted by Gasteiger charge is -2.37. The minimum absolute atomic E-state index is 0.0763. The van der Waals surface area contributed by atoms with E-state index in [1.807, 2.05) is 0 Å². The van der Waals surface area contributed by atoms with Crippen LogP contribution in [0.1, 0.15) is 26.7 Å². The maximum atomic E-state index is 11.6. The average Bonchev–Trinajstić information content (AvgIpc) is 2.71. The Labute approximate surface area is 102 Å². The topological polar surface area (TPSA) is 53.0 Å². The zero-order valence-corrected chi connectivity index (χ0v) is 10.6. The van der Waals surface area contributed by atoms with Crippen LogP contribution in [0.15, 0.2) is 0 Å². The van der Waals surface area contributed by atoms with Crippen LogP contribution in [0.25, 0.3) is 0 Å². The molecule has 0 bridgehead atoms. The minimum atomic E-state index is -0.328. The molecule has 2 heterocycles. The maximum absolute atomic E-state index is 11.6. The van der Waals surface area contributed by atoms with Gasteiger partial charge in [0.05, 0.1) is 13.2 Å². The van der Waals surface area contributed by atoms with Gasteiger partial charge >= 0.3 is 6.09 Å². The van der Waals surface area contributed by atoms with Gasteiger partial charge in [-0.3, -0.25) is 0 Å². The van der Waals surface area contributed by atoms with Crippen LogP contribution in [0.5, 0.6) is 0 Å². The predicted molar refractivity (Wildman–Crippen MR) is 63.8 cm³/mol. The molecule has 2 saturated heterocycles. The summed E-state index contributed by atoms with van der Waals surface area (Å²) in [5.41, 5.74) is 0. The van der Waals surface area contributed by atoms with E-state index in [0.717, 1.165) is 25.9 Å². The molecule has 0 spiro atoms. The van der Waals surface area contributed by atoms with Gasteiger partial charge < -0.3 is 19.6 Å². The van der Waals surface area contributed by atoms with Crippen molar-refractivity contribution in [2.75, 3.05) is 26.2 Å². The molecule has 0 aromatic carbocycles. The molecule has 98 valence electrons. The smallest absolute Gasteiger partial charge is 0.410 e. The second-order valence-corrected chi connectivity index (χ2v) is 5.20. The van der Waals surface area contributed by atoms with E-state index >= 15 is 0 Å². The lowest BCUT2D eigenvalue weighted by Crippen LogP contribution is -2.47. The van der Waals surface area contributed by atoms with Gasteiger partial charge in [0.2, 0.25) is 0 Å². The molecule has 5 heteroatoms. The molecule has 0 aromatic heterocycles. The van der Waals surface area contributed by atoms with Crippen molar-refractivity contribution in [2.24, 2.45) is 0 Å². The number of cyclic esters (lactones) is 1. The summed E-state index contributed by atoms with van der Waals surface area (Å²) < 4.78 is 5.07. The lowest BCUT2D eigenvalue weighted by atomic mass is 10.0. The molecule has 5 nitrogen and oxygen atoms in total. The Morgan fingerprint density at radius 2 is 2.06 bits per heavy atom. The van der Waals surface area contributed by atoms with Crippen LogP contribution in [0.4, 0.5) is 4.79 Å². The number of hydrogen-bond donors (Lipinski definition) is 1. The predicted octanol–water partition coefficient (Wildman–Crippen LogP) is 0.672. The van der Waals surface area contributed by atoms with Gasteiger partial charge in [0.25, 0.3) is 0 Å². The Morgan fingerprint density at radius 1 is 1.41 bits per heavy atom. The van der Waals surface area contributed by atoms with E-state index in [0.29, 0.717) is 12.6 Å². The third-order valence-corrected chi connectivity index (χ3v) is 3.78. The largest absolute Gasteiger partial charge is 0.442 e. The van der Waals surface area contributed by atoms with E-state index < -0.39 is 0 Å². The first-order chi connectivity index (χ1) is 8.11. The number of likely N-dealkylation sites (tertiary alicyclic amines) is 1. The quantitative estimate of drug-likeness (QED) is 0.790. The molecule has 0 aromatic rings. The molecule has 0 unspecified atom stereocenters. The summed E-state index contributed by atoms with van der Waals surface area (Å²) in [5.74, 6) is 0. The van der Waals surface area contributed by atoms with E-state index in [-0.39, 0.29) is 24.8 Å². The summed E-state index contributed by atoms with van der Waals surface area (Å²) in [6.45, 7) is 6.94.